The zero-order valence-corrected chi connectivity index (χ0v) is 16.0. The van der Waals surface area contributed by atoms with Gasteiger partial charge >= 0.3 is 0 Å². The molecule has 1 amide bonds. The number of aromatic amines is 1. The van der Waals surface area contributed by atoms with E-state index in [1.165, 1.54) is 23.5 Å². The molecule has 27 heavy (non-hydrogen) atoms. The maximum atomic E-state index is 13.6. The number of hydrogen-bond acceptors (Lipinski definition) is 5. The number of H-pyrrole nitrogens is 1. The van der Waals surface area contributed by atoms with Crippen molar-refractivity contribution in [1.82, 2.24) is 15.3 Å². The van der Waals surface area contributed by atoms with E-state index in [9.17, 15) is 14.3 Å². The first-order valence-electron chi connectivity index (χ1n) is 8.15. The van der Waals surface area contributed by atoms with Crippen LogP contribution in [0.25, 0.3) is 11.3 Å². The van der Waals surface area contributed by atoms with Crippen LogP contribution in [0.5, 0.6) is 0 Å². The standard InChI is InChI=1S/C18H18ClFN4O2S/c1-9-16(8-25)27-18(22-9)15(7-21)24-17(26)14-5-4-13(23-14)10-2-3-11(19)12(20)6-10/h2-6,15,23,25H,7-8,21H2,1H3,(H,24,26)/t15-/m1/s1. The van der Waals surface area contributed by atoms with Crippen molar-refractivity contribution in [2.45, 2.75) is 19.6 Å². The van der Waals surface area contributed by atoms with Crippen molar-refractivity contribution < 1.29 is 14.3 Å². The molecule has 2 heterocycles. The second-order valence-corrected chi connectivity index (χ2v) is 7.42. The van der Waals surface area contributed by atoms with E-state index in [1.807, 2.05) is 0 Å². The topological polar surface area (TPSA) is 104 Å². The fraction of sp³-hybridized carbons (Fsp3) is 0.222. The number of carbonyl (C=O) groups excluding carboxylic acids is 1. The number of aliphatic hydroxyl groups excluding tert-OH is 1. The van der Waals surface area contributed by atoms with Crippen LogP contribution in [-0.2, 0) is 6.61 Å². The molecule has 1 aromatic carbocycles. The molecule has 1 atom stereocenters. The van der Waals surface area contributed by atoms with Crippen molar-refractivity contribution >= 4 is 28.8 Å². The van der Waals surface area contributed by atoms with E-state index < -0.39 is 11.9 Å². The lowest BCUT2D eigenvalue weighted by Crippen LogP contribution is -2.33. The predicted molar refractivity (Wildman–Crippen MR) is 103 cm³/mol. The zero-order chi connectivity index (χ0) is 19.6. The van der Waals surface area contributed by atoms with Crippen LogP contribution in [0.1, 0.15) is 32.1 Å². The minimum absolute atomic E-state index is 0.0371. The van der Waals surface area contributed by atoms with Crippen LogP contribution >= 0.6 is 22.9 Å². The Hall–Kier alpha value is -2.26. The summed E-state index contributed by atoms with van der Waals surface area (Å²) in [4.78, 5) is 20.6. The van der Waals surface area contributed by atoms with Crippen molar-refractivity contribution in [1.29, 1.82) is 0 Å². The van der Waals surface area contributed by atoms with Crippen molar-refractivity contribution in [2.75, 3.05) is 6.54 Å². The number of aryl methyl sites for hydroxylation is 1. The van der Waals surface area contributed by atoms with Crippen LogP contribution in [0.2, 0.25) is 5.02 Å². The smallest absolute Gasteiger partial charge is 0.268 e. The number of aliphatic hydroxyl groups is 1. The van der Waals surface area contributed by atoms with Gasteiger partial charge in [-0.05, 0) is 31.2 Å². The highest BCUT2D eigenvalue weighted by Gasteiger charge is 2.20. The SMILES string of the molecule is Cc1nc([C@@H](CN)NC(=O)c2ccc(-c3ccc(Cl)c(F)c3)[nH]2)sc1CO. The number of carbonyl (C=O) groups is 1. The molecule has 0 radical (unpaired) electrons. The van der Waals surface area contributed by atoms with E-state index in [1.54, 1.807) is 25.1 Å². The average Bonchev–Trinajstić information content (AvgIpc) is 3.28. The second kappa shape index (κ2) is 8.18. The van der Waals surface area contributed by atoms with E-state index in [2.05, 4.69) is 15.3 Å². The molecular formula is C18H18ClFN4O2S. The third-order valence-electron chi connectivity index (χ3n) is 4.05. The van der Waals surface area contributed by atoms with Gasteiger partial charge < -0.3 is 21.1 Å². The Morgan fingerprint density at radius 2 is 2.22 bits per heavy atom. The Balaban J connectivity index is 1.77. The number of halogens is 2. The fourth-order valence-corrected chi connectivity index (χ4v) is 3.67. The number of nitrogens with two attached hydrogens (primary N) is 1. The summed E-state index contributed by atoms with van der Waals surface area (Å²) in [6, 6.07) is 7.25. The van der Waals surface area contributed by atoms with Gasteiger partial charge in [-0.2, -0.15) is 0 Å². The Morgan fingerprint density at radius 1 is 1.44 bits per heavy atom. The van der Waals surface area contributed by atoms with Crippen molar-refractivity contribution in [3.05, 3.63) is 62.4 Å². The molecule has 0 aliphatic rings. The number of thiazole rings is 1. The summed E-state index contributed by atoms with van der Waals surface area (Å²) in [6.45, 7) is 1.86. The van der Waals surface area contributed by atoms with Crippen molar-refractivity contribution in [2.24, 2.45) is 5.73 Å². The molecule has 0 bridgehead atoms. The van der Waals surface area contributed by atoms with Gasteiger partial charge in [0, 0.05) is 17.8 Å². The molecule has 0 aliphatic carbocycles. The van der Waals surface area contributed by atoms with E-state index in [0.717, 1.165) is 10.6 Å². The summed E-state index contributed by atoms with van der Waals surface area (Å²) in [6.07, 6.45) is 0. The minimum atomic E-state index is -0.531. The van der Waals surface area contributed by atoms with Gasteiger partial charge in [0.15, 0.2) is 0 Å². The molecule has 0 saturated heterocycles. The van der Waals surface area contributed by atoms with Gasteiger partial charge in [-0.1, -0.05) is 17.7 Å². The summed E-state index contributed by atoms with van der Waals surface area (Å²) in [5.74, 6) is -0.888. The van der Waals surface area contributed by atoms with E-state index >= 15 is 0 Å². The molecule has 142 valence electrons. The van der Waals surface area contributed by atoms with Crippen molar-refractivity contribution in [3.63, 3.8) is 0 Å². The largest absolute Gasteiger partial charge is 0.391 e. The maximum Gasteiger partial charge on any atom is 0.268 e. The first kappa shape index (κ1) is 19.5. The third kappa shape index (κ3) is 4.19. The summed E-state index contributed by atoms with van der Waals surface area (Å²) in [5.41, 5.74) is 7.99. The number of nitrogens with zero attached hydrogens (tertiary/aromatic N) is 1. The first-order valence-corrected chi connectivity index (χ1v) is 9.34. The Labute approximate surface area is 164 Å². The van der Waals surface area contributed by atoms with E-state index in [-0.39, 0.29) is 24.1 Å². The molecule has 0 aliphatic heterocycles. The summed E-state index contributed by atoms with van der Waals surface area (Å²) < 4.78 is 13.6. The third-order valence-corrected chi connectivity index (χ3v) is 5.62. The van der Waals surface area contributed by atoms with Gasteiger partial charge in [0.2, 0.25) is 0 Å². The molecule has 5 N–H and O–H groups in total. The van der Waals surface area contributed by atoms with Crippen LogP contribution in [0, 0.1) is 12.7 Å². The molecule has 9 heteroatoms. The second-order valence-electron chi connectivity index (χ2n) is 5.90. The Kier molecular flexibility index (Phi) is 5.91. The Morgan fingerprint density at radius 3 is 2.85 bits per heavy atom. The van der Waals surface area contributed by atoms with Crippen LogP contribution in [0.15, 0.2) is 30.3 Å². The molecule has 3 aromatic rings. The summed E-state index contributed by atoms with van der Waals surface area (Å²) >= 11 is 7.01. The van der Waals surface area contributed by atoms with Crippen LogP contribution in [-0.4, -0.2) is 27.5 Å². The fourth-order valence-electron chi connectivity index (χ4n) is 2.56. The number of amides is 1. The predicted octanol–water partition coefficient (Wildman–Crippen LogP) is 3.16. The summed E-state index contributed by atoms with van der Waals surface area (Å²) in [5, 5.41) is 12.8. The van der Waals surface area contributed by atoms with Crippen LogP contribution < -0.4 is 11.1 Å². The molecular weight excluding hydrogens is 391 g/mol. The van der Waals surface area contributed by atoms with Gasteiger partial charge in [-0.25, -0.2) is 9.37 Å². The first-order chi connectivity index (χ1) is 12.9. The minimum Gasteiger partial charge on any atom is -0.391 e. The molecule has 6 nitrogen and oxygen atoms in total. The highest BCUT2D eigenvalue weighted by molar-refractivity contribution is 7.11. The number of nitrogens with one attached hydrogen (secondary N) is 2. The number of aromatic nitrogens is 2. The van der Waals surface area contributed by atoms with Gasteiger partial charge in [0.05, 0.1) is 28.2 Å². The maximum absolute atomic E-state index is 13.6. The average molecular weight is 409 g/mol. The molecule has 0 saturated carbocycles. The van der Waals surface area contributed by atoms with E-state index in [4.69, 9.17) is 17.3 Å². The van der Waals surface area contributed by atoms with Gasteiger partial charge in [0.25, 0.3) is 5.91 Å². The quantitative estimate of drug-likeness (QED) is 0.503. The number of rotatable bonds is 6. The van der Waals surface area contributed by atoms with Gasteiger partial charge in [-0.3, -0.25) is 4.79 Å². The highest BCUT2D eigenvalue weighted by atomic mass is 35.5. The normalized spacial score (nSPS) is 12.2. The van der Waals surface area contributed by atoms with Gasteiger partial charge in [0.1, 0.15) is 16.5 Å². The molecule has 0 fully saturated rings. The number of hydrogen-bond donors (Lipinski definition) is 4. The zero-order valence-electron chi connectivity index (χ0n) is 14.4. The molecule has 0 unspecified atom stereocenters. The molecule has 3 rings (SSSR count). The molecule has 2 aromatic heterocycles. The van der Waals surface area contributed by atoms with Crippen LogP contribution in [0.4, 0.5) is 4.39 Å². The summed E-state index contributed by atoms with van der Waals surface area (Å²) in [7, 11) is 0. The lowest BCUT2D eigenvalue weighted by atomic mass is 10.1. The highest BCUT2D eigenvalue weighted by Crippen LogP contribution is 2.25. The monoisotopic (exact) mass is 408 g/mol. The van der Waals surface area contributed by atoms with Crippen LogP contribution in [0.3, 0.4) is 0 Å². The van der Waals surface area contributed by atoms with E-state index in [0.29, 0.717) is 22.0 Å². The lowest BCUT2D eigenvalue weighted by Gasteiger charge is -2.13. The lowest BCUT2D eigenvalue weighted by molar-refractivity contribution is 0.0933. The Bertz CT molecular complexity index is 972. The van der Waals surface area contributed by atoms with Gasteiger partial charge in [-0.15, -0.1) is 11.3 Å². The number of benzene rings is 1. The molecule has 0 spiro atoms. The van der Waals surface area contributed by atoms with Crippen molar-refractivity contribution in [3.8, 4) is 11.3 Å².